The van der Waals surface area contributed by atoms with Crippen molar-refractivity contribution in [1.82, 2.24) is 5.32 Å². The van der Waals surface area contributed by atoms with Crippen molar-refractivity contribution in [3.8, 4) is 5.75 Å². The highest BCUT2D eigenvalue weighted by Crippen LogP contribution is 2.31. The molecule has 0 aliphatic carbocycles. The predicted molar refractivity (Wildman–Crippen MR) is 75.2 cm³/mol. The molecule has 1 N–H and O–H groups in total. The van der Waals surface area contributed by atoms with Crippen LogP contribution in [-0.4, -0.2) is 6.61 Å². The Morgan fingerprint density at radius 3 is 3.06 bits per heavy atom. The van der Waals surface area contributed by atoms with Crippen LogP contribution in [0.5, 0.6) is 5.75 Å². The molecule has 0 bridgehead atoms. The molecule has 0 amide bonds. The predicted octanol–water partition coefficient (Wildman–Crippen LogP) is 3.67. The van der Waals surface area contributed by atoms with Crippen molar-refractivity contribution in [3.63, 3.8) is 0 Å². The Kier molecular flexibility index (Phi) is 3.35. The summed E-state index contributed by atoms with van der Waals surface area (Å²) in [7, 11) is 0. The van der Waals surface area contributed by atoms with E-state index in [0.717, 1.165) is 25.3 Å². The zero-order chi connectivity index (χ0) is 12.4. The lowest BCUT2D eigenvalue weighted by atomic mass is 10.0. The Bertz CT molecular complexity index is 535. The van der Waals surface area contributed by atoms with Crippen LogP contribution in [0.25, 0.3) is 0 Å². The number of hydrogen-bond donors (Lipinski definition) is 1. The summed E-state index contributed by atoms with van der Waals surface area (Å²) in [6, 6.07) is 8.74. The molecule has 0 radical (unpaired) electrons. The SMILES string of the molecule is Cc1cscc1CNC1CCOc2ccccc21. The maximum absolute atomic E-state index is 5.68. The third kappa shape index (κ3) is 2.28. The van der Waals surface area contributed by atoms with Crippen LogP contribution in [0.15, 0.2) is 35.0 Å². The highest BCUT2D eigenvalue weighted by molar-refractivity contribution is 7.08. The quantitative estimate of drug-likeness (QED) is 0.908. The molecule has 0 spiro atoms. The summed E-state index contributed by atoms with van der Waals surface area (Å²) in [5.74, 6) is 1.03. The maximum atomic E-state index is 5.68. The van der Waals surface area contributed by atoms with Crippen molar-refractivity contribution in [3.05, 3.63) is 51.7 Å². The summed E-state index contributed by atoms with van der Waals surface area (Å²) >= 11 is 1.77. The first-order valence-electron chi connectivity index (χ1n) is 6.31. The molecule has 2 aromatic rings. The molecule has 1 aromatic carbocycles. The van der Waals surface area contributed by atoms with Crippen LogP contribution in [0.4, 0.5) is 0 Å². The number of para-hydroxylation sites is 1. The summed E-state index contributed by atoms with van der Waals surface area (Å²) in [5.41, 5.74) is 4.08. The van der Waals surface area contributed by atoms with Crippen molar-refractivity contribution in [2.24, 2.45) is 0 Å². The number of ether oxygens (including phenoxy) is 1. The fourth-order valence-corrected chi connectivity index (χ4v) is 3.21. The van der Waals surface area contributed by atoms with E-state index in [0.29, 0.717) is 6.04 Å². The summed E-state index contributed by atoms with van der Waals surface area (Å²) in [5, 5.41) is 8.08. The highest BCUT2D eigenvalue weighted by Gasteiger charge is 2.20. The minimum absolute atomic E-state index is 0.411. The first-order valence-corrected chi connectivity index (χ1v) is 7.25. The van der Waals surface area contributed by atoms with Gasteiger partial charge in [0.05, 0.1) is 6.61 Å². The first-order chi connectivity index (χ1) is 8.84. The molecule has 1 aliphatic heterocycles. The molecule has 3 rings (SSSR count). The van der Waals surface area contributed by atoms with Gasteiger partial charge in [0.15, 0.2) is 0 Å². The second-order valence-corrected chi connectivity index (χ2v) is 5.43. The van der Waals surface area contributed by atoms with E-state index < -0.39 is 0 Å². The van der Waals surface area contributed by atoms with Crippen LogP contribution < -0.4 is 10.1 Å². The van der Waals surface area contributed by atoms with E-state index in [9.17, 15) is 0 Å². The third-order valence-corrected chi connectivity index (χ3v) is 4.37. The van der Waals surface area contributed by atoms with Gasteiger partial charge in [-0.15, -0.1) is 0 Å². The summed E-state index contributed by atoms with van der Waals surface area (Å²) in [6.07, 6.45) is 1.04. The smallest absolute Gasteiger partial charge is 0.124 e. The first kappa shape index (κ1) is 11.8. The van der Waals surface area contributed by atoms with Crippen LogP contribution in [0.2, 0.25) is 0 Å². The van der Waals surface area contributed by atoms with Crippen molar-refractivity contribution in [2.75, 3.05) is 6.61 Å². The Hall–Kier alpha value is -1.32. The van der Waals surface area contributed by atoms with E-state index in [1.165, 1.54) is 16.7 Å². The third-order valence-electron chi connectivity index (χ3n) is 3.46. The fourth-order valence-electron chi connectivity index (χ4n) is 2.36. The Balaban J connectivity index is 1.73. The van der Waals surface area contributed by atoms with E-state index in [1.54, 1.807) is 11.3 Å². The van der Waals surface area contributed by atoms with Gasteiger partial charge in [0.25, 0.3) is 0 Å². The molecule has 0 saturated heterocycles. The largest absolute Gasteiger partial charge is 0.493 e. The number of rotatable bonds is 3. The summed E-state index contributed by atoms with van der Waals surface area (Å²) in [6.45, 7) is 3.91. The van der Waals surface area contributed by atoms with E-state index in [4.69, 9.17) is 4.74 Å². The second-order valence-electron chi connectivity index (χ2n) is 4.69. The Morgan fingerprint density at radius 2 is 2.22 bits per heavy atom. The van der Waals surface area contributed by atoms with Crippen LogP contribution in [0, 0.1) is 6.92 Å². The van der Waals surface area contributed by atoms with Gasteiger partial charge in [0, 0.05) is 24.6 Å². The molecular formula is C15H17NOS. The fraction of sp³-hybridized carbons (Fsp3) is 0.333. The van der Waals surface area contributed by atoms with Crippen LogP contribution in [-0.2, 0) is 6.54 Å². The van der Waals surface area contributed by atoms with Gasteiger partial charge < -0.3 is 10.1 Å². The summed E-state index contributed by atoms with van der Waals surface area (Å²) < 4.78 is 5.68. The molecule has 94 valence electrons. The molecule has 1 atom stereocenters. The number of thiophene rings is 1. The van der Waals surface area contributed by atoms with E-state index >= 15 is 0 Å². The van der Waals surface area contributed by atoms with Gasteiger partial charge in [-0.1, -0.05) is 18.2 Å². The van der Waals surface area contributed by atoms with Crippen molar-refractivity contribution in [1.29, 1.82) is 0 Å². The lowest BCUT2D eigenvalue weighted by molar-refractivity contribution is 0.252. The lowest BCUT2D eigenvalue weighted by Crippen LogP contribution is -2.26. The molecule has 3 heteroatoms. The number of aryl methyl sites for hydroxylation is 1. The normalized spacial score (nSPS) is 18.2. The number of benzene rings is 1. The monoisotopic (exact) mass is 259 g/mol. The standard InChI is InChI=1S/C15H17NOS/c1-11-9-18-10-12(11)8-16-14-6-7-17-15-5-3-2-4-13(14)15/h2-5,9-10,14,16H,6-8H2,1H3. The van der Waals surface area contributed by atoms with Crippen LogP contribution in [0.1, 0.15) is 29.2 Å². The topological polar surface area (TPSA) is 21.3 Å². The van der Waals surface area contributed by atoms with Crippen molar-refractivity contribution >= 4 is 11.3 Å². The number of nitrogens with one attached hydrogen (secondary N) is 1. The minimum Gasteiger partial charge on any atom is -0.493 e. The van der Waals surface area contributed by atoms with E-state index in [2.05, 4.69) is 41.2 Å². The lowest BCUT2D eigenvalue weighted by Gasteiger charge is -2.26. The van der Waals surface area contributed by atoms with Gasteiger partial charge in [-0.25, -0.2) is 0 Å². The van der Waals surface area contributed by atoms with Gasteiger partial charge in [-0.3, -0.25) is 0 Å². The Morgan fingerprint density at radius 1 is 1.33 bits per heavy atom. The second kappa shape index (κ2) is 5.12. The summed E-state index contributed by atoms with van der Waals surface area (Å²) in [4.78, 5) is 0. The van der Waals surface area contributed by atoms with Crippen molar-refractivity contribution < 1.29 is 4.74 Å². The van der Waals surface area contributed by atoms with Gasteiger partial charge in [-0.2, -0.15) is 11.3 Å². The molecule has 1 aliphatic rings. The van der Waals surface area contributed by atoms with Gasteiger partial charge in [0.2, 0.25) is 0 Å². The maximum Gasteiger partial charge on any atom is 0.124 e. The van der Waals surface area contributed by atoms with E-state index in [1.807, 2.05) is 6.07 Å². The zero-order valence-electron chi connectivity index (χ0n) is 10.5. The van der Waals surface area contributed by atoms with Gasteiger partial charge >= 0.3 is 0 Å². The highest BCUT2D eigenvalue weighted by atomic mass is 32.1. The van der Waals surface area contributed by atoms with Gasteiger partial charge in [0.1, 0.15) is 5.75 Å². The molecule has 0 saturated carbocycles. The van der Waals surface area contributed by atoms with Gasteiger partial charge in [-0.05, 0) is 34.9 Å². The molecular weight excluding hydrogens is 242 g/mol. The minimum atomic E-state index is 0.411. The molecule has 18 heavy (non-hydrogen) atoms. The van der Waals surface area contributed by atoms with Crippen LogP contribution in [0.3, 0.4) is 0 Å². The van der Waals surface area contributed by atoms with E-state index in [-0.39, 0.29) is 0 Å². The Labute approximate surface area is 112 Å². The molecule has 0 fully saturated rings. The average molecular weight is 259 g/mol. The molecule has 2 nitrogen and oxygen atoms in total. The molecule has 2 heterocycles. The number of hydrogen-bond acceptors (Lipinski definition) is 3. The number of fused-ring (bicyclic) bond motifs is 1. The molecule has 1 aromatic heterocycles. The molecule has 1 unspecified atom stereocenters. The van der Waals surface area contributed by atoms with Crippen molar-refractivity contribution in [2.45, 2.75) is 25.9 Å². The zero-order valence-corrected chi connectivity index (χ0v) is 11.3. The van der Waals surface area contributed by atoms with Crippen LogP contribution >= 0.6 is 11.3 Å². The average Bonchev–Trinajstić information content (AvgIpc) is 2.82.